The molecule has 110 heavy (non-hydrogen) atoms. The Bertz CT molecular complexity index is 2810. The summed E-state index contributed by atoms with van der Waals surface area (Å²) in [6, 6.07) is -1.41. The number of hydrogen-bond acceptors (Lipinski definition) is 46. The summed E-state index contributed by atoms with van der Waals surface area (Å²) < 4.78 is 104. The Balaban J connectivity index is 0.855. The van der Waals surface area contributed by atoms with Gasteiger partial charge in [-0.2, -0.15) is 0 Å². The molecule has 23 aliphatic heterocycles. The minimum atomic E-state index is -2.34. The number of unbranched alkanes of at least 4 members (excludes halogenated alkanes) is 2. The van der Waals surface area contributed by atoms with Crippen molar-refractivity contribution in [1.29, 1.82) is 0 Å². The maximum atomic E-state index is 13.7. The van der Waals surface area contributed by atoms with Crippen molar-refractivity contribution >= 4 is 11.8 Å². The number of amides is 2. The molecule has 23 rings (SSSR count). The second-order valence-corrected chi connectivity index (χ2v) is 28.2. The fourth-order valence-corrected chi connectivity index (χ4v) is 14.6. The number of aliphatic hydroxyl groups excluding tert-OH is 26. The number of carbonyl (C=O) groups excluding carboxylic acids is 2. The highest BCUT2D eigenvalue weighted by molar-refractivity contribution is 5.75. The van der Waals surface area contributed by atoms with Crippen molar-refractivity contribution in [3.8, 4) is 0 Å². The van der Waals surface area contributed by atoms with Crippen LogP contribution < -0.4 is 10.6 Å². The zero-order chi connectivity index (χ0) is 80.2. The molecule has 23 fully saturated rings. The van der Waals surface area contributed by atoms with E-state index in [9.17, 15) is 142 Å². The first-order valence-corrected chi connectivity index (χ1v) is 35.8. The van der Waals surface area contributed by atoms with Crippen LogP contribution in [0.15, 0.2) is 0 Å². The summed E-state index contributed by atoms with van der Waals surface area (Å²) in [5.41, 5.74) is 0. The second kappa shape index (κ2) is 39.6. The minimum absolute atomic E-state index is 0.0953. The first kappa shape index (κ1) is 89.5. The van der Waals surface area contributed by atoms with Crippen LogP contribution >= 0.6 is 0 Å². The largest absolute Gasteiger partial charge is 0.394 e. The topological polar surface area (TPSA) is 750 Å². The van der Waals surface area contributed by atoms with Gasteiger partial charge in [0.25, 0.3) is 0 Å². The number of aliphatic hydroxyl groups is 26. The molecule has 48 heteroatoms. The first-order valence-electron chi connectivity index (χ1n) is 35.8. The Labute approximate surface area is 623 Å². The van der Waals surface area contributed by atoms with Gasteiger partial charge in [-0.15, -0.1) is 0 Å². The van der Waals surface area contributed by atoms with E-state index in [0.29, 0.717) is 0 Å². The third-order valence-electron chi connectivity index (χ3n) is 20.8. The number of hydrogen-bond donors (Lipinski definition) is 28. The molecule has 638 valence electrons. The zero-order valence-electron chi connectivity index (χ0n) is 58.7. The number of nitrogens with one attached hydrogen (secondary N) is 2. The van der Waals surface area contributed by atoms with E-state index in [0.717, 1.165) is 6.92 Å². The minimum Gasteiger partial charge on any atom is -0.394 e. The van der Waals surface area contributed by atoms with Gasteiger partial charge in [0.2, 0.25) is 11.8 Å². The Morgan fingerprint density at radius 2 is 0.582 bits per heavy atom. The van der Waals surface area contributed by atoms with Crippen LogP contribution in [-0.4, -0.2) is 487 Å². The third-order valence-corrected chi connectivity index (χ3v) is 20.8. The maximum absolute atomic E-state index is 13.7. The molecule has 23 saturated heterocycles. The molecule has 0 aromatic rings. The second-order valence-electron chi connectivity index (χ2n) is 28.2. The van der Waals surface area contributed by atoms with Gasteiger partial charge in [-0.05, 0) is 12.8 Å². The third kappa shape index (κ3) is 19.3. The van der Waals surface area contributed by atoms with Crippen molar-refractivity contribution in [1.82, 2.24) is 10.6 Å². The lowest BCUT2D eigenvalue weighted by atomic mass is 9.95. The Kier molecular flexibility index (Phi) is 32.2. The van der Waals surface area contributed by atoms with Crippen molar-refractivity contribution < 1.29 is 228 Å². The highest BCUT2D eigenvalue weighted by Crippen LogP contribution is 2.40. The van der Waals surface area contributed by atoms with Gasteiger partial charge in [0.15, 0.2) is 56.6 Å². The number of carbonyl (C=O) groups is 2. The Hall–Kier alpha value is -2.82. The van der Waals surface area contributed by atoms with Gasteiger partial charge in [-0.1, -0.05) is 6.42 Å². The highest BCUT2D eigenvalue weighted by atomic mass is 16.8. The Morgan fingerprint density at radius 3 is 0.882 bits per heavy atom. The van der Waals surface area contributed by atoms with Crippen molar-refractivity contribution in [3.63, 3.8) is 0 Å². The molecule has 23 aliphatic rings. The molecular formula is C62H104N2O46. The fraction of sp³-hybridized carbons (Fsp3) is 0.968. The van der Waals surface area contributed by atoms with Crippen LogP contribution in [0.2, 0.25) is 0 Å². The number of rotatable bonds is 20. The lowest BCUT2D eigenvalue weighted by molar-refractivity contribution is -0.396. The van der Waals surface area contributed by atoms with E-state index < -0.39 is 348 Å². The first-order chi connectivity index (χ1) is 52.4. The fourth-order valence-electron chi connectivity index (χ4n) is 14.6. The van der Waals surface area contributed by atoms with Crippen LogP contribution in [0.5, 0.6) is 0 Å². The van der Waals surface area contributed by atoms with E-state index in [1.54, 1.807) is 0 Å². The predicted octanol–water partition coefficient (Wildman–Crippen LogP) is -18.8. The van der Waals surface area contributed by atoms with Crippen molar-refractivity contribution in [2.45, 2.75) is 309 Å². The van der Waals surface area contributed by atoms with Gasteiger partial charge in [0.05, 0.1) is 52.9 Å². The summed E-state index contributed by atoms with van der Waals surface area (Å²) in [5.74, 6) is -1.42. The van der Waals surface area contributed by atoms with E-state index in [-0.39, 0.29) is 32.3 Å². The highest BCUT2D eigenvalue weighted by Gasteiger charge is 2.61. The van der Waals surface area contributed by atoms with Crippen LogP contribution in [0.1, 0.15) is 32.6 Å². The molecule has 0 spiro atoms. The summed E-state index contributed by atoms with van der Waals surface area (Å²) in [6.45, 7) is -8.11. The Morgan fingerprint density at radius 1 is 0.291 bits per heavy atom. The van der Waals surface area contributed by atoms with Crippen molar-refractivity contribution in [2.24, 2.45) is 0 Å². The van der Waals surface area contributed by atoms with E-state index in [4.69, 9.17) is 85.3 Å². The molecule has 0 aromatic heterocycles. The van der Waals surface area contributed by atoms with Gasteiger partial charge in [0.1, 0.15) is 220 Å². The normalized spacial score (nSPS) is 50.7. The van der Waals surface area contributed by atoms with E-state index in [1.165, 1.54) is 0 Å². The van der Waals surface area contributed by atoms with Crippen LogP contribution in [0, 0.1) is 0 Å². The molecule has 0 saturated carbocycles. The molecular weight excluding hydrogens is 1510 g/mol. The molecule has 48 nitrogen and oxygen atoms in total. The summed E-state index contributed by atoms with van der Waals surface area (Å²) in [6.07, 6.45) is -88.1. The molecule has 2 amide bonds. The molecule has 14 bridgehead atoms. The average molecular weight is 1610 g/mol. The molecule has 45 atom stereocenters. The predicted molar refractivity (Wildman–Crippen MR) is 337 cm³/mol. The van der Waals surface area contributed by atoms with Crippen LogP contribution in [-0.2, 0) is 94.9 Å². The van der Waals surface area contributed by atoms with Crippen LogP contribution in [0.3, 0.4) is 0 Å². The molecule has 23 heterocycles. The van der Waals surface area contributed by atoms with Gasteiger partial charge in [-0.3, -0.25) is 9.59 Å². The maximum Gasteiger partial charge on any atom is 0.220 e. The van der Waals surface area contributed by atoms with Gasteiger partial charge < -0.3 is 229 Å². The summed E-state index contributed by atoms with van der Waals surface area (Å²) in [5, 5.41) is 293. The lowest BCUT2D eigenvalue weighted by Gasteiger charge is -2.50. The molecule has 0 unspecified atom stereocenters. The molecule has 0 radical (unpaired) electrons. The average Bonchev–Trinajstić information content (AvgIpc) is 0.780. The van der Waals surface area contributed by atoms with E-state index in [2.05, 4.69) is 10.6 Å². The van der Waals surface area contributed by atoms with E-state index >= 15 is 0 Å². The lowest BCUT2D eigenvalue weighted by Crippen LogP contribution is -2.68. The van der Waals surface area contributed by atoms with Gasteiger partial charge >= 0.3 is 0 Å². The monoisotopic (exact) mass is 1610 g/mol. The molecule has 0 aromatic carbocycles. The van der Waals surface area contributed by atoms with Gasteiger partial charge in [-0.25, -0.2) is 0 Å². The standard InChI is InChI=1S/C62H104N2O46/c1-16(73)64-27-29(76)47(104-55-38(85)30(77)28(75)18(8-65)95-55)19(9-66)96-54(27)93-6-4-2-3-5-26(74)63-7-17-46-31(78)39(86)56(94-17)105-48-20(10-67)98-58(41(88)33(48)80)107-50-22(12-69)100-60(43(90)35(50)82)109-52-24(14-71)102-62(45(92)37(52)84)110-53-25(15-72)101-61(44(91)36(53)83)108-51-23(13-70)99-59(42(89)34(51)81)106-49-21(11-68)97-57(103-46)40(87)32(49)79/h17-25,27-62,65-72,75-92H,2-15H2,1H3,(H,63,74)(H,64,73)/t17-,18+,19+,20+,21-,22+,23-,24+,25-,27+,28-,29+,30-,31+,32+,33+,34+,35-,36+,37+,38+,39+,40+,41-,42+,43-,44+,45+,46+,47+,48+,49+,50+,51+,52+,53+,54+,55-,56+,57+,58+,59+,60+,61+,62+/m0/s1. The summed E-state index contributed by atoms with van der Waals surface area (Å²) in [4.78, 5) is 26.0. The molecule has 0 aliphatic carbocycles. The van der Waals surface area contributed by atoms with Crippen molar-refractivity contribution in [2.75, 3.05) is 66.0 Å². The smallest absolute Gasteiger partial charge is 0.220 e. The summed E-state index contributed by atoms with van der Waals surface area (Å²) in [7, 11) is 0. The van der Waals surface area contributed by atoms with Crippen molar-refractivity contribution in [3.05, 3.63) is 0 Å². The number of ether oxygens (including phenoxy) is 18. The van der Waals surface area contributed by atoms with E-state index in [1.807, 2.05) is 0 Å². The SMILES string of the molecule is CC(=O)N[C@H]1[C@H](OCCCCCC(=O)NC[C@@H]2O[C@@H]3O[C@H]4[C@H](O)[C@H](O)[C@@H](O[C@H]5[C@@H](O)[C@H](O)[C@@H](O[C@H]6[C@H](O)[C@@H](O)[C@@H](O[C@H]7[C@H](O)[C@@H](O)[C@@H](O[C@H]8[C@H](O)[C@@H](O)[C@@H](O[C@H]9[C@H](O)[C@@H](O)[C@@H](O[C@H]2[C@H](O)[C@H]3O)O[C@H]9CO)O[C@H]8CO)O[C@H]7CO)O[C@@H]6CO)O[C@@H]5CO)O[C@@H]4CO)O[C@H](CO)[C@@H](O[C@@H]2O[C@H](CO)[C@H](O)[C@H](O)[C@H]2O)[C@@H]1O. The zero-order valence-corrected chi connectivity index (χ0v) is 58.7. The van der Waals surface area contributed by atoms with Gasteiger partial charge in [0, 0.05) is 26.5 Å². The van der Waals surface area contributed by atoms with Crippen LogP contribution in [0.25, 0.3) is 0 Å². The van der Waals surface area contributed by atoms with Crippen LogP contribution in [0.4, 0.5) is 0 Å². The quantitative estimate of drug-likeness (QED) is 0.0503. The molecule has 28 N–H and O–H groups in total. The summed E-state index contributed by atoms with van der Waals surface area (Å²) >= 11 is 0.